The number of rotatable bonds is 6. The normalized spacial score (nSPS) is 10.7. The first kappa shape index (κ1) is 22.2. The number of ether oxygens (including phenoxy) is 1. The second kappa shape index (κ2) is 9.11. The van der Waals surface area contributed by atoms with Crippen LogP contribution in [0.1, 0.15) is 27.2 Å². The van der Waals surface area contributed by atoms with Crippen LogP contribution in [0.2, 0.25) is 5.02 Å². The maximum Gasteiger partial charge on any atom is 0.357 e. The van der Waals surface area contributed by atoms with Gasteiger partial charge in [-0.05, 0) is 35.9 Å². The van der Waals surface area contributed by atoms with Gasteiger partial charge in [-0.2, -0.15) is 15.0 Å². The molecule has 0 radical (unpaired) electrons. The predicted molar refractivity (Wildman–Crippen MR) is 115 cm³/mol. The molecule has 1 N–H and O–H groups in total. The summed E-state index contributed by atoms with van der Waals surface area (Å²) in [5.41, 5.74) is -1.93. The number of nitrogens with zero attached hydrogens (tertiary/aromatic N) is 4. The minimum Gasteiger partial charge on any atom is -0.497 e. The van der Waals surface area contributed by atoms with Crippen LogP contribution in [0.15, 0.2) is 47.3 Å². The molecule has 2 aromatic carbocycles. The molecule has 0 aliphatic carbocycles. The Hall–Kier alpha value is -4.49. The number of benzene rings is 2. The molecule has 0 fully saturated rings. The van der Waals surface area contributed by atoms with Crippen molar-refractivity contribution in [1.29, 1.82) is 5.26 Å². The number of carboxylic acids is 1. The first-order chi connectivity index (χ1) is 15.3. The molecule has 160 valence electrons. The molecule has 0 atom stereocenters. The highest BCUT2D eigenvalue weighted by atomic mass is 35.5. The van der Waals surface area contributed by atoms with Gasteiger partial charge >= 0.3 is 5.97 Å². The molecule has 11 heteroatoms. The van der Waals surface area contributed by atoms with Gasteiger partial charge in [0.15, 0.2) is 5.69 Å². The minimum absolute atomic E-state index is 0.154. The quantitative estimate of drug-likeness (QED) is 0.441. The molecule has 0 spiro atoms. The van der Waals surface area contributed by atoms with Crippen molar-refractivity contribution >= 4 is 35.4 Å². The Balaban J connectivity index is 2.20. The number of non-ortho nitro benzene ring substituents is 1. The molecule has 3 rings (SSSR count). The van der Waals surface area contributed by atoms with Gasteiger partial charge in [-0.15, -0.1) is 0 Å². The summed E-state index contributed by atoms with van der Waals surface area (Å²) in [4.78, 5) is 35.1. The van der Waals surface area contributed by atoms with Gasteiger partial charge in [-0.3, -0.25) is 14.9 Å². The zero-order chi connectivity index (χ0) is 23.4. The van der Waals surface area contributed by atoms with Crippen LogP contribution >= 0.6 is 11.6 Å². The molecule has 32 heavy (non-hydrogen) atoms. The predicted octanol–water partition coefficient (Wildman–Crippen LogP) is 3.54. The third-order valence-electron chi connectivity index (χ3n) is 4.38. The Morgan fingerprint density at radius 3 is 2.53 bits per heavy atom. The molecule has 1 heterocycles. The monoisotopic (exact) mass is 452 g/mol. The summed E-state index contributed by atoms with van der Waals surface area (Å²) in [5, 5.41) is 34.3. The molecule has 10 nitrogen and oxygen atoms in total. The second-order valence-corrected chi connectivity index (χ2v) is 6.67. The number of methoxy groups -OCH3 is 1. The molecule has 0 aliphatic heterocycles. The van der Waals surface area contributed by atoms with E-state index in [4.69, 9.17) is 16.3 Å². The first-order valence-electron chi connectivity index (χ1n) is 8.84. The number of carbonyl (C=O) groups is 1. The van der Waals surface area contributed by atoms with E-state index < -0.39 is 27.7 Å². The van der Waals surface area contributed by atoms with Crippen molar-refractivity contribution in [2.45, 2.75) is 0 Å². The summed E-state index contributed by atoms with van der Waals surface area (Å²) in [5.74, 6) is -0.970. The van der Waals surface area contributed by atoms with Crippen molar-refractivity contribution in [1.82, 2.24) is 9.78 Å². The fourth-order valence-electron chi connectivity index (χ4n) is 2.81. The first-order valence-corrected chi connectivity index (χ1v) is 9.21. The molecule has 0 aliphatic rings. The van der Waals surface area contributed by atoms with Crippen molar-refractivity contribution in [2.75, 3.05) is 7.11 Å². The third kappa shape index (κ3) is 4.33. The largest absolute Gasteiger partial charge is 0.497 e. The van der Waals surface area contributed by atoms with Gasteiger partial charge in [-0.25, -0.2) is 4.79 Å². The summed E-state index contributed by atoms with van der Waals surface area (Å²) in [7, 11) is 1.46. The SMILES string of the molecule is COc1ccc(-n2nc(C(=O)O)c(/C=C\c3cc([N+](=O)[O-])ccc3Cl)c(C#N)c2=O)cc1. The van der Waals surface area contributed by atoms with Crippen LogP contribution in [0.25, 0.3) is 17.8 Å². The van der Waals surface area contributed by atoms with Crippen molar-refractivity contribution in [3.05, 3.63) is 90.3 Å². The highest BCUT2D eigenvalue weighted by Crippen LogP contribution is 2.25. The molecule has 0 amide bonds. The zero-order valence-electron chi connectivity index (χ0n) is 16.4. The van der Waals surface area contributed by atoms with E-state index >= 15 is 0 Å². The number of halogens is 1. The van der Waals surface area contributed by atoms with Crippen LogP contribution in [-0.4, -0.2) is 32.9 Å². The van der Waals surface area contributed by atoms with Gasteiger partial charge in [0, 0.05) is 22.7 Å². The molecule has 0 unspecified atom stereocenters. The topological polar surface area (TPSA) is 148 Å². The number of aromatic nitrogens is 2. The van der Waals surface area contributed by atoms with Gasteiger partial charge in [-0.1, -0.05) is 23.8 Å². The average molecular weight is 453 g/mol. The van der Waals surface area contributed by atoms with Crippen LogP contribution < -0.4 is 10.3 Å². The van der Waals surface area contributed by atoms with Crippen LogP contribution in [-0.2, 0) is 0 Å². The van der Waals surface area contributed by atoms with Crippen molar-refractivity contribution in [3.8, 4) is 17.5 Å². The fourth-order valence-corrected chi connectivity index (χ4v) is 2.99. The van der Waals surface area contributed by atoms with Crippen LogP contribution in [0, 0.1) is 21.4 Å². The Bertz CT molecular complexity index is 1360. The van der Waals surface area contributed by atoms with Crippen molar-refractivity contribution in [3.63, 3.8) is 0 Å². The van der Waals surface area contributed by atoms with Gasteiger partial charge in [0.25, 0.3) is 11.2 Å². The lowest BCUT2D eigenvalue weighted by Crippen LogP contribution is -2.28. The van der Waals surface area contributed by atoms with Gasteiger partial charge < -0.3 is 9.84 Å². The maximum atomic E-state index is 12.9. The zero-order valence-corrected chi connectivity index (χ0v) is 17.1. The average Bonchev–Trinajstić information content (AvgIpc) is 2.78. The number of carboxylic acid groups (broad SMARTS) is 1. The summed E-state index contributed by atoms with van der Waals surface area (Å²) in [6.45, 7) is 0. The van der Waals surface area contributed by atoms with Gasteiger partial charge in [0.1, 0.15) is 17.4 Å². The number of aromatic carboxylic acids is 1. The third-order valence-corrected chi connectivity index (χ3v) is 4.73. The highest BCUT2D eigenvalue weighted by molar-refractivity contribution is 6.32. The molecule has 0 bridgehead atoms. The Kier molecular flexibility index (Phi) is 6.32. The Morgan fingerprint density at radius 1 is 1.28 bits per heavy atom. The minimum atomic E-state index is -1.48. The fraction of sp³-hybridized carbons (Fsp3) is 0.0476. The van der Waals surface area contributed by atoms with E-state index in [-0.39, 0.29) is 27.5 Å². The van der Waals surface area contributed by atoms with Crippen molar-refractivity contribution < 1.29 is 19.6 Å². The Morgan fingerprint density at radius 2 is 1.97 bits per heavy atom. The van der Waals surface area contributed by atoms with Crippen LogP contribution in [0.5, 0.6) is 5.75 Å². The molecule has 0 saturated carbocycles. The molecule has 0 saturated heterocycles. The summed E-state index contributed by atoms with van der Waals surface area (Å²) in [6.07, 6.45) is 2.44. The number of nitro groups is 1. The van der Waals surface area contributed by atoms with E-state index in [9.17, 15) is 30.1 Å². The standard InChI is InChI=1S/C21H13ClN4O6/c1-32-15-6-3-13(4-7-15)25-20(27)17(11-23)16(19(24-25)21(28)29)8-2-12-10-14(26(30)31)5-9-18(12)22/h2-10H,1H3,(H,28,29)/b8-2-. The lowest BCUT2D eigenvalue weighted by molar-refractivity contribution is -0.384. The van der Waals surface area contributed by atoms with E-state index in [2.05, 4.69) is 5.10 Å². The number of nitro benzene ring substituents is 1. The smallest absolute Gasteiger partial charge is 0.357 e. The lowest BCUT2D eigenvalue weighted by atomic mass is 10.1. The number of nitriles is 1. The molecular weight excluding hydrogens is 440 g/mol. The number of hydrogen-bond acceptors (Lipinski definition) is 7. The Labute approximate surface area is 185 Å². The molecular formula is C21H13ClN4O6. The summed E-state index contributed by atoms with van der Waals surface area (Å²) in [6, 6.07) is 11.5. The van der Waals surface area contributed by atoms with E-state index in [0.29, 0.717) is 5.75 Å². The molecule has 3 aromatic rings. The number of hydrogen-bond donors (Lipinski definition) is 1. The second-order valence-electron chi connectivity index (χ2n) is 6.27. The van der Waals surface area contributed by atoms with E-state index in [1.807, 2.05) is 0 Å². The molecule has 1 aromatic heterocycles. The lowest BCUT2D eigenvalue weighted by Gasteiger charge is -2.10. The maximum absolute atomic E-state index is 12.9. The summed E-state index contributed by atoms with van der Waals surface area (Å²) >= 11 is 6.06. The van der Waals surface area contributed by atoms with E-state index in [1.165, 1.54) is 49.6 Å². The van der Waals surface area contributed by atoms with Crippen molar-refractivity contribution in [2.24, 2.45) is 0 Å². The van der Waals surface area contributed by atoms with E-state index in [0.717, 1.165) is 4.68 Å². The summed E-state index contributed by atoms with van der Waals surface area (Å²) < 4.78 is 5.86. The van der Waals surface area contributed by atoms with E-state index in [1.54, 1.807) is 18.2 Å². The highest BCUT2D eigenvalue weighted by Gasteiger charge is 2.21. The van der Waals surface area contributed by atoms with Gasteiger partial charge in [0.05, 0.1) is 17.7 Å². The van der Waals surface area contributed by atoms with Crippen LogP contribution in [0.3, 0.4) is 0 Å². The van der Waals surface area contributed by atoms with Crippen LogP contribution in [0.4, 0.5) is 5.69 Å². The van der Waals surface area contributed by atoms with Gasteiger partial charge in [0.2, 0.25) is 0 Å².